The van der Waals surface area contributed by atoms with Gasteiger partial charge in [-0.15, -0.1) is 0 Å². The quantitative estimate of drug-likeness (QED) is 0.829. The van der Waals surface area contributed by atoms with Crippen LogP contribution >= 0.6 is 0 Å². The molecule has 1 nitrogen and oxygen atoms in total. The second-order valence-corrected chi connectivity index (χ2v) is 4.70. The minimum atomic E-state index is -0.0307. The van der Waals surface area contributed by atoms with Gasteiger partial charge >= 0.3 is 0 Å². The van der Waals surface area contributed by atoms with Crippen molar-refractivity contribution in [2.24, 2.45) is 5.73 Å². The summed E-state index contributed by atoms with van der Waals surface area (Å²) in [5.41, 5.74) is 12.6. The van der Waals surface area contributed by atoms with Gasteiger partial charge in [0.05, 0.1) is 6.04 Å². The van der Waals surface area contributed by atoms with Gasteiger partial charge in [-0.1, -0.05) is 48.0 Å². The maximum absolute atomic E-state index is 6.37. The van der Waals surface area contributed by atoms with E-state index in [1.165, 1.54) is 27.8 Å². The van der Waals surface area contributed by atoms with Gasteiger partial charge in [0.25, 0.3) is 0 Å². The van der Waals surface area contributed by atoms with Crippen molar-refractivity contribution in [1.29, 1.82) is 0 Å². The van der Waals surface area contributed by atoms with E-state index >= 15 is 0 Å². The standard InChI is InChI=1S/C16H19N/c1-11-9-12(2)15(13(3)10-11)16(17)14-7-5-4-6-8-14/h4-10,16H,17H2,1-3H3. The molecule has 0 fully saturated rings. The van der Waals surface area contributed by atoms with Gasteiger partial charge in [-0.05, 0) is 43.0 Å². The average Bonchev–Trinajstić information content (AvgIpc) is 2.28. The number of nitrogens with two attached hydrogens (primary N) is 1. The molecule has 88 valence electrons. The molecule has 0 aliphatic rings. The van der Waals surface area contributed by atoms with E-state index in [1.54, 1.807) is 0 Å². The normalized spacial score (nSPS) is 12.5. The second-order valence-electron chi connectivity index (χ2n) is 4.70. The molecule has 0 radical (unpaired) electrons. The fourth-order valence-electron chi connectivity index (χ4n) is 2.51. The Morgan fingerprint density at radius 1 is 0.882 bits per heavy atom. The van der Waals surface area contributed by atoms with Crippen LogP contribution in [0.3, 0.4) is 0 Å². The molecule has 0 spiro atoms. The zero-order valence-corrected chi connectivity index (χ0v) is 10.7. The van der Waals surface area contributed by atoms with E-state index in [0.717, 1.165) is 0 Å². The van der Waals surface area contributed by atoms with E-state index in [-0.39, 0.29) is 6.04 Å². The maximum Gasteiger partial charge on any atom is 0.0556 e. The van der Waals surface area contributed by atoms with Gasteiger partial charge in [0.15, 0.2) is 0 Å². The van der Waals surface area contributed by atoms with Gasteiger partial charge < -0.3 is 5.73 Å². The third kappa shape index (κ3) is 2.40. The minimum absolute atomic E-state index is 0.0307. The zero-order chi connectivity index (χ0) is 12.4. The lowest BCUT2D eigenvalue weighted by Crippen LogP contribution is -2.14. The van der Waals surface area contributed by atoms with Gasteiger partial charge in [0.1, 0.15) is 0 Å². The molecule has 0 amide bonds. The van der Waals surface area contributed by atoms with Gasteiger partial charge in [0.2, 0.25) is 0 Å². The van der Waals surface area contributed by atoms with Gasteiger partial charge in [-0.2, -0.15) is 0 Å². The molecular formula is C16H19N. The molecule has 0 aliphatic carbocycles. The summed E-state index contributed by atoms with van der Waals surface area (Å²) >= 11 is 0. The molecule has 0 bridgehead atoms. The highest BCUT2D eigenvalue weighted by Gasteiger charge is 2.13. The Balaban J connectivity index is 2.48. The Morgan fingerprint density at radius 3 is 1.94 bits per heavy atom. The Bertz CT molecular complexity index is 491. The molecule has 0 aromatic heterocycles. The predicted octanol–water partition coefficient (Wildman–Crippen LogP) is 3.66. The Morgan fingerprint density at radius 2 is 1.41 bits per heavy atom. The van der Waals surface area contributed by atoms with Crippen molar-refractivity contribution in [3.8, 4) is 0 Å². The molecule has 2 rings (SSSR count). The molecule has 1 heteroatoms. The molecule has 0 aliphatic heterocycles. The van der Waals surface area contributed by atoms with Crippen LogP contribution in [0.1, 0.15) is 33.9 Å². The molecule has 1 atom stereocenters. The van der Waals surface area contributed by atoms with Crippen molar-refractivity contribution in [3.05, 3.63) is 70.3 Å². The Hall–Kier alpha value is -1.60. The molecule has 17 heavy (non-hydrogen) atoms. The summed E-state index contributed by atoms with van der Waals surface area (Å²) in [6.45, 7) is 6.40. The van der Waals surface area contributed by atoms with E-state index in [9.17, 15) is 0 Å². The average molecular weight is 225 g/mol. The van der Waals surface area contributed by atoms with E-state index < -0.39 is 0 Å². The lowest BCUT2D eigenvalue weighted by Gasteiger charge is -2.18. The van der Waals surface area contributed by atoms with Crippen LogP contribution in [0.4, 0.5) is 0 Å². The van der Waals surface area contributed by atoms with Crippen LogP contribution in [-0.2, 0) is 0 Å². The Labute approximate surface area is 103 Å². The van der Waals surface area contributed by atoms with Crippen LogP contribution < -0.4 is 5.73 Å². The number of rotatable bonds is 2. The van der Waals surface area contributed by atoms with Gasteiger partial charge in [-0.25, -0.2) is 0 Å². The molecule has 0 saturated heterocycles. The third-order valence-electron chi connectivity index (χ3n) is 3.21. The summed E-state index contributed by atoms with van der Waals surface area (Å²) in [6.07, 6.45) is 0. The van der Waals surface area contributed by atoms with Gasteiger partial charge in [-0.3, -0.25) is 0 Å². The lowest BCUT2D eigenvalue weighted by molar-refractivity contribution is 0.850. The van der Waals surface area contributed by atoms with E-state index in [2.05, 4.69) is 45.0 Å². The minimum Gasteiger partial charge on any atom is -0.320 e. The lowest BCUT2D eigenvalue weighted by atomic mass is 9.91. The summed E-state index contributed by atoms with van der Waals surface area (Å²) < 4.78 is 0. The van der Waals surface area contributed by atoms with Crippen molar-refractivity contribution in [2.45, 2.75) is 26.8 Å². The van der Waals surface area contributed by atoms with E-state index in [0.29, 0.717) is 0 Å². The molecular weight excluding hydrogens is 206 g/mol. The summed E-state index contributed by atoms with van der Waals surface area (Å²) in [5, 5.41) is 0. The number of aryl methyl sites for hydroxylation is 3. The van der Waals surface area contributed by atoms with E-state index in [1.807, 2.05) is 18.2 Å². The first-order valence-corrected chi connectivity index (χ1v) is 5.98. The smallest absolute Gasteiger partial charge is 0.0556 e. The Kier molecular flexibility index (Phi) is 3.30. The monoisotopic (exact) mass is 225 g/mol. The topological polar surface area (TPSA) is 26.0 Å². The molecule has 0 saturated carbocycles. The van der Waals surface area contributed by atoms with Crippen LogP contribution in [0.15, 0.2) is 42.5 Å². The van der Waals surface area contributed by atoms with Crippen molar-refractivity contribution in [2.75, 3.05) is 0 Å². The van der Waals surface area contributed by atoms with Crippen molar-refractivity contribution < 1.29 is 0 Å². The van der Waals surface area contributed by atoms with Crippen LogP contribution in [0.2, 0.25) is 0 Å². The molecule has 2 N–H and O–H groups in total. The summed E-state index contributed by atoms with van der Waals surface area (Å²) in [4.78, 5) is 0. The van der Waals surface area contributed by atoms with Crippen LogP contribution in [0.25, 0.3) is 0 Å². The van der Waals surface area contributed by atoms with E-state index in [4.69, 9.17) is 5.73 Å². The molecule has 1 unspecified atom stereocenters. The van der Waals surface area contributed by atoms with Crippen LogP contribution in [-0.4, -0.2) is 0 Å². The highest BCUT2D eigenvalue weighted by Crippen LogP contribution is 2.26. The first-order chi connectivity index (χ1) is 8.09. The predicted molar refractivity (Wildman–Crippen MR) is 73.1 cm³/mol. The zero-order valence-electron chi connectivity index (χ0n) is 10.7. The summed E-state index contributed by atoms with van der Waals surface area (Å²) in [6, 6.07) is 14.6. The first kappa shape index (κ1) is 11.9. The number of benzene rings is 2. The largest absolute Gasteiger partial charge is 0.320 e. The number of hydrogen-bond acceptors (Lipinski definition) is 1. The van der Waals surface area contributed by atoms with Crippen LogP contribution in [0.5, 0.6) is 0 Å². The fraction of sp³-hybridized carbons (Fsp3) is 0.250. The second kappa shape index (κ2) is 4.72. The SMILES string of the molecule is Cc1cc(C)c(C(N)c2ccccc2)c(C)c1. The maximum atomic E-state index is 6.37. The molecule has 2 aromatic carbocycles. The van der Waals surface area contributed by atoms with Crippen molar-refractivity contribution in [1.82, 2.24) is 0 Å². The van der Waals surface area contributed by atoms with Crippen LogP contribution in [0, 0.1) is 20.8 Å². The highest BCUT2D eigenvalue weighted by atomic mass is 14.6. The fourth-order valence-corrected chi connectivity index (χ4v) is 2.51. The van der Waals surface area contributed by atoms with Crippen molar-refractivity contribution >= 4 is 0 Å². The van der Waals surface area contributed by atoms with Crippen molar-refractivity contribution in [3.63, 3.8) is 0 Å². The van der Waals surface area contributed by atoms with Gasteiger partial charge in [0, 0.05) is 0 Å². The summed E-state index contributed by atoms with van der Waals surface area (Å²) in [7, 11) is 0. The number of hydrogen-bond donors (Lipinski definition) is 1. The third-order valence-corrected chi connectivity index (χ3v) is 3.21. The summed E-state index contributed by atoms with van der Waals surface area (Å²) in [5.74, 6) is 0. The molecule has 2 aromatic rings. The highest BCUT2D eigenvalue weighted by molar-refractivity contribution is 5.43. The first-order valence-electron chi connectivity index (χ1n) is 5.98. The molecule has 0 heterocycles.